The van der Waals surface area contributed by atoms with Crippen LogP contribution in [0.15, 0.2) is 48.7 Å². The van der Waals surface area contributed by atoms with Crippen molar-refractivity contribution in [1.29, 1.82) is 0 Å². The van der Waals surface area contributed by atoms with Crippen molar-refractivity contribution in [2.75, 3.05) is 13.1 Å². The van der Waals surface area contributed by atoms with E-state index in [2.05, 4.69) is 4.98 Å². The molecule has 6 heteroatoms. The minimum absolute atomic E-state index is 0.0247. The number of amides is 1. The van der Waals surface area contributed by atoms with Gasteiger partial charge in [0.15, 0.2) is 11.5 Å². The molecule has 0 radical (unpaired) electrons. The number of ether oxygens (including phenoxy) is 3. The zero-order valence-corrected chi connectivity index (χ0v) is 14.7. The van der Waals surface area contributed by atoms with Gasteiger partial charge in [-0.15, -0.1) is 0 Å². The molecule has 2 unspecified atom stereocenters. The Bertz CT molecular complexity index is 759. The van der Waals surface area contributed by atoms with Gasteiger partial charge >= 0.3 is 0 Å². The molecule has 1 amide bonds. The van der Waals surface area contributed by atoms with Crippen LogP contribution >= 0.6 is 0 Å². The number of hydrogen-bond acceptors (Lipinski definition) is 5. The molecule has 2 aromatic rings. The zero-order chi connectivity index (χ0) is 17.9. The van der Waals surface area contributed by atoms with Crippen LogP contribution < -0.4 is 14.2 Å². The smallest absolute Gasteiger partial charge is 0.267 e. The highest BCUT2D eigenvalue weighted by Gasteiger charge is 2.38. The summed E-state index contributed by atoms with van der Waals surface area (Å²) in [5.74, 6) is 1.92. The molecular weight excluding hydrogens is 332 g/mol. The van der Waals surface area contributed by atoms with Crippen LogP contribution in [-0.4, -0.2) is 47.2 Å². The fraction of sp³-hybridized carbons (Fsp3) is 0.400. The van der Waals surface area contributed by atoms with E-state index in [1.165, 1.54) is 0 Å². The van der Waals surface area contributed by atoms with E-state index < -0.39 is 6.10 Å². The van der Waals surface area contributed by atoms with Crippen LogP contribution in [0, 0.1) is 0 Å². The van der Waals surface area contributed by atoms with Crippen LogP contribution in [0.5, 0.6) is 17.4 Å². The summed E-state index contributed by atoms with van der Waals surface area (Å²) in [6, 6.07) is 13.1. The lowest BCUT2D eigenvalue weighted by atomic mass is 10.1. The monoisotopic (exact) mass is 354 g/mol. The molecule has 1 saturated heterocycles. The van der Waals surface area contributed by atoms with Crippen LogP contribution in [0.2, 0.25) is 0 Å². The van der Waals surface area contributed by atoms with Crippen molar-refractivity contribution in [2.45, 2.75) is 38.1 Å². The number of likely N-dealkylation sites (tertiary alicyclic amines) is 1. The van der Waals surface area contributed by atoms with E-state index in [4.69, 9.17) is 14.2 Å². The van der Waals surface area contributed by atoms with Gasteiger partial charge in [-0.25, -0.2) is 4.98 Å². The molecule has 1 aromatic heterocycles. The third-order valence-electron chi connectivity index (χ3n) is 4.76. The maximum Gasteiger partial charge on any atom is 0.267 e. The Hall–Kier alpha value is -2.76. The summed E-state index contributed by atoms with van der Waals surface area (Å²) < 4.78 is 17.7. The highest BCUT2D eigenvalue weighted by molar-refractivity contribution is 5.82. The van der Waals surface area contributed by atoms with Crippen molar-refractivity contribution < 1.29 is 19.0 Å². The minimum atomic E-state index is -0.613. The third-order valence-corrected chi connectivity index (χ3v) is 4.76. The van der Waals surface area contributed by atoms with E-state index in [1.807, 2.05) is 54.3 Å². The second-order valence-electron chi connectivity index (χ2n) is 6.62. The van der Waals surface area contributed by atoms with Gasteiger partial charge in [0.2, 0.25) is 12.0 Å². The number of pyridine rings is 1. The fourth-order valence-electron chi connectivity index (χ4n) is 3.35. The van der Waals surface area contributed by atoms with E-state index in [1.54, 1.807) is 6.20 Å². The molecule has 26 heavy (non-hydrogen) atoms. The highest BCUT2D eigenvalue weighted by Crippen LogP contribution is 2.34. The maximum atomic E-state index is 12.9. The van der Waals surface area contributed by atoms with E-state index >= 15 is 0 Å². The Morgan fingerprint density at radius 3 is 2.46 bits per heavy atom. The topological polar surface area (TPSA) is 60.9 Å². The van der Waals surface area contributed by atoms with Crippen LogP contribution in [0.1, 0.15) is 19.8 Å². The predicted octanol–water partition coefficient (Wildman–Crippen LogP) is 2.68. The predicted molar refractivity (Wildman–Crippen MR) is 95.4 cm³/mol. The van der Waals surface area contributed by atoms with Gasteiger partial charge in [-0.2, -0.15) is 0 Å². The van der Waals surface area contributed by atoms with E-state index in [-0.39, 0.29) is 18.1 Å². The third kappa shape index (κ3) is 3.45. The van der Waals surface area contributed by atoms with E-state index in [9.17, 15) is 4.79 Å². The Morgan fingerprint density at radius 1 is 1.08 bits per heavy atom. The van der Waals surface area contributed by atoms with Crippen LogP contribution in [0.4, 0.5) is 0 Å². The number of aromatic nitrogens is 1. The van der Waals surface area contributed by atoms with Gasteiger partial charge in [-0.1, -0.05) is 18.2 Å². The molecule has 2 aliphatic heterocycles. The van der Waals surface area contributed by atoms with Gasteiger partial charge in [0.25, 0.3) is 5.91 Å². The minimum Gasteiger partial charge on any atom is -0.482 e. The van der Waals surface area contributed by atoms with Crippen LogP contribution in [0.3, 0.4) is 0 Å². The van der Waals surface area contributed by atoms with Crippen molar-refractivity contribution >= 4 is 5.91 Å². The van der Waals surface area contributed by atoms with Crippen LogP contribution in [0.25, 0.3) is 0 Å². The molecule has 0 bridgehead atoms. The first-order valence-electron chi connectivity index (χ1n) is 8.99. The van der Waals surface area contributed by atoms with Crippen molar-refractivity contribution in [3.63, 3.8) is 0 Å². The molecule has 136 valence electrons. The normalized spacial score (nSPS) is 22.7. The molecule has 1 fully saturated rings. The fourth-order valence-corrected chi connectivity index (χ4v) is 3.35. The molecule has 1 aromatic carbocycles. The lowest BCUT2D eigenvalue weighted by Gasteiger charge is -2.37. The van der Waals surface area contributed by atoms with Gasteiger partial charge in [-0.3, -0.25) is 4.79 Å². The first kappa shape index (κ1) is 16.7. The summed E-state index contributed by atoms with van der Waals surface area (Å²) in [5.41, 5.74) is 0. The molecular formula is C20H22N2O4. The maximum absolute atomic E-state index is 12.9. The number of benzene rings is 1. The molecule has 0 N–H and O–H groups in total. The lowest BCUT2D eigenvalue weighted by Crippen LogP contribution is -2.53. The average Bonchev–Trinajstić information content (AvgIpc) is 2.68. The first-order chi connectivity index (χ1) is 12.7. The van der Waals surface area contributed by atoms with Gasteiger partial charge in [-0.05, 0) is 25.1 Å². The van der Waals surface area contributed by atoms with Crippen molar-refractivity contribution in [3.05, 3.63) is 48.7 Å². The summed E-state index contributed by atoms with van der Waals surface area (Å²) in [6.07, 6.45) is 2.42. The lowest BCUT2D eigenvalue weighted by molar-refractivity contribution is -0.146. The average molecular weight is 354 g/mol. The molecule has 0 spiro atoms. The number of para-hydroxylation sites is 2. The summed E-state index contributed by atoms with van der Waals surface area (Å²) in [5, 5.41) is 0. The summed E-state index contributed by atoms with van der Waals surface area (Å²) >= 11 is 0. The summed E-state index contributed by atoms with van der Waals surface area (Å²) in [7, 11) is 0. The molecule has 2 atom stereocenters. The number of carbonyl (C=O) groups is 1. The molecule has 2 aliphatic rings. The molecule has 0 saturated carbocycles. The number of carbonyl (C=O) groups excluding carboxylic acids is 1. The van der Waals surface area contributed by atoms with Gasteiger partial charge in [0, 0.05) is 38.2 Å². The van der Waals surface area contributed by atoms with Gasteiger partial charge in [0.05, 0.1) is 0 Å². The second kappa shape index (κ2) is 7.23. The number of rotatable bonds is 3. The Labute approximate surface area is 152 Å². The van der Waals surface area contributed by atoms with Crippen LogP contribution in [-0.2, 0) is 4.79 Å². The zero-order valence-electron chi connectivity index (χ0n) is 14.7. The molecule has 4 rings (SSSR count). The second-order valence-corrected chi connectivity index (χ2v) is 6.62. The standard InChI is InChI=1S/C20H22N2O4/c1-14-19(26-17-7-3-2-6-16(17)24-14)20(23)22-12-9-15(10-13-22)25-18-8-4-5-11-21-18/h2-8,11,14-15,19H,9-10,12-13H2,1H3. The van der Waals surface area contributed by atoms with E-state index in [0.717, 1.165) is 12.8 Å². The SMILES string of the molecule is CC1Oc2ccccc2OC1C(=O)N1CCC(Oc2ccccn2)CC1. The Balaban J connectivity index is 1.35. The van der Waals surface area contributed by atoms with Crippen molar-refractivity contribution in [2.24, 2.45) is 0 Å². The summed E-state index contributed by atoms with van der Waals surface area (Å²) in [4.78, 5) is 18.9. The number of fused-ring (bicyclic) bond motifs is 1. The van der Waals surface area contributed by atoms with Gasteiger partial charge in [0.1, 0.15) is 12.2 Å². The van der Waals surface area contributed by atoms with Gasteiger partial charge < -0.3 is 19.1 Å². The Morgan fingerprint density at radius 2 is 1.77 bits per heavy atom. The highest BCUT2D eigenvalue weighted by atomic mass is 16.6. The molecule has 6 nitrogen and oxygen atoms in total. The molecule has 0 aliphatic carbocycles. The number of piperidine rings is 1. The van der Waals surface area contributed by atoms with Crippen molar-refractivity contribution in [3.8, 4) is 17.4 Å². The van der Waals surface area contributed by atoms with E-state index in [0.29, 0.717) is 30.5 Å². The Kier molecular flexibility index (Phi) is 4.65. The molecule has 3 heterocycles. The quantitative estimate of drug-likeness (QED) is 0.848. The van der Waals surface area contributed by atoms with Crippen molar-refractivity contribution in [1.82, 2.24) is 9.88 Å². The first-order valence-corrected chi connectivity index (χ1v) is 8.99. The largest absolute Gasteiger partial charge is 0.482 e. The number of nitrogens with zero attached hydrogens (tertiary/aromatic N) is 2. The summed E-state index contributed by atoms with van der Waals surface area (Å²) in [6.45, 7) is 3.16. The number of hydrogen-bond donors (Lipinski definition) is 0.